The Morgan fingerprint density at radius 3 is 2.60 bits per heavy atom. The van der Waals surface area contributed by atoms with Crippen LogP contribution in [0, 0.1) is 6.07 Å². The number of rotatable bonds is 1. The molecular weight excluding hydrogens is 182 g/mol. The van der Waals surface area contributed by atoms with E-state index in [0.717, 1.165) is 0 Å². The third-order valence-corrected chi connectivity index (χ3v) is 3.09. The second kappa shape index (κ2) is 3.58. The molecule has 1 fully saturated rings. The summed E-state index contributed by atoms with van der Waals surface area (Å²) in [5.41, 5.74) is 1.26. The van der Waals surface area contributed by atoms with Gasteiger partial charge in [0.05, 0.1) is 0 Å². The molecule has 1 aliphatic heterocycles. The quantitative estimate of drug-likeness (QED) is 0.676. The molecule has 2 aromatic rings. The van der Waals surface area contributed by atoms with Gasteiger partial charge >= 0.3 is 0 Å². The second-order valence-corrected chi connectivity index (χ2v) is 4.12. The fraction of sp³-hybridized carbons (Fsp3) is 0.286. The van der Waals surface area contributed by atoms with Crippen molar-refractivity contribution in [3.05, 3.63) is 42.5 Å². The summed E-state index contributed by atoms with van der Waals surface area (Å²) in [7, 11) is 0. The third kappa shape index (κ3) is 1.58. The lowest BCUT2D eigenvalue weighted by Gasteiger charge is -2.17. The lowest BCUT2D eigenvalue weighted by atomic mass is 10.1. The molecule has 0 saturated carbocycles. The van der Waals surface area contributed by atoms with Gasteiger partial charge in [0, 0.05) is 24.8 Å². The second-order valence-electron chi connectivity index (χ2n) is 4.12. The molecule has 1 radical (unpaired) electrons. The summed E-state index contributed by atoms with van der Waals surface area (Å²) in [6.45, 7) is 2.38. The number of hydrogen-bond acceptors (Lipinski definition) is 1. The first-order valence-electron chi connectivity index (χ1n) is 5.59. The Labute approximate surface area is 90.3 Å². The van der Waals surface area contributed by atoms with E-state index in [4.69, 9.17) is 0 Å². The van der Waals surface area contributed by atoms with Crippen LogP contribution in [0.5, 0.6) is 0 Å². The van der Waals surface area contributed by atoms with E-state index in [9.17, 15) is 0 Å². The van der Waals surface area contributed by atoms with E-state index in [0.29, 0.717) is 0 Å². The first-order valence-corrected chi connectivity index (χ1v) is 5.59. The van der Waals surface area contributed by atoms with Crippen LogP contribution in [0.4, 0.5) is 5.69 Å². The van der Waals surface area contributed by atoms with Crippen LogP contribution in [-0.2, 0) is 0 Å². The van der Waals surface area contributed by atoms with Crippen molar-refractivity contribution in [3.8, 4) is 0 Å². The Balaban J connectivity index is 2.05. The van der Waals surface area contributed by atoms with Crippen molar-refractivity contribution in [3.63, 3.8) is 0 Å². The molecule has 75 valence electrons. The number of nitrogens with zero attached hydrogens (tertiary/aromatic N) is 1. The van der Waals surface area contributed by atoms with E-state index in [1.54, 1.807) is 0 Å². The summed E-state index contributed by atoms with van der Waals surface area (Å²) in [6, 6.07) is 16.3. The summed E-state index contributed by atoms with van der Waals surface area (Å²) in [4.78, 5) is 2.42. The van der Waals surface area contributed by atoms with Crippen LogP contribution in [0.1, 0.15) is 12.8 Å². The number of fused-ring (bicyclic) bond motifs is 1. The summed E-state index contributed by atoms with van der Waals surface area (Å²) in [6.07, 6.45) is 2.64. The van der Waals surface area contributed by atoms with Gasteiger partial charge in [-0.3, -0.25) is 0 Å². The molecule has 1 heterocycles. The molecular formula is C14H14N. The summed E-state index contributed by atoms with van der Waals surface area (Å²) < 4.78 is 0. The molecule has 0 N–H and O–H groups in total. The van der Waals surface area contributed by atoms with Gasteiger partial charge in [0.15, 0.2) is 0 Å². The van der Waals surface area contributed by atoms with Crippen LogP contribution in [-0.4, -0.2) is 13.1 Å². The van der Waals surface area contributed by atoms with Crippen LogP contribution < -0.4 is 4.90 Å². The van der Waals surface area contributed by atoms with Crippen molar-refractivity contribution in [2.45, 2.75) is 12.8 Å². The maximum absolute atomic E-state index is 3.49. The first kappa shape index (κ1) is 8.78. The topological polar surface area (TPSA) is 3.24 Å². The fourth-order valence-electron chi connectivity index (χ4n) is 2.25. The highest BCUT2D eigenvalue weighted by Crippen LogP contribution is 2.24. The Kier molecular flexibility index (Phi) is 2.09. The average Bonchev–Trinajstić information content (AvgIpc) is 2.82. The molecule has 3 rings (SSSR count). The first-order chi connectivity index (χ1) is 7.43. The summed E-state index contributed by atoms with van der Waals surface area (Å²) in [5.74, 6) is 0. The average molecular weight is 196 g/mol. The van der Waals surface area contributed by atoms with E-state index >= 15 is 0 Å². The lowest BCUT2D eigenvalue weighted by molar-refractivity contribution is 0.949. The molecule has 0 spiro atoms. The molecule has 1 aliphatic rings. The van der Waals surface area contributed by atoms with Gasteiger partial charge < -0.3 is 4.90 Å². The van der Waals surface area contributed by atoms with Gasteiger partial charge in [-0.25, -0.2) is 0 Å². The van der Waals surface area contributed by atoms with Crippen LogP contribution in [0.2, 0.25) is 0 Å². The van der Waals surface area contributed by atoms with Gasteiger partial charge in [-0.2, -0.15) is 0 Å². The van der Waals surface area contributed by atoms with Crippen LogP contribution in [0.15, 0.2) is 36.4 Å². The van der Waals surface area contributed by atoms with E-state index in [1.165, 1.54) is 42.4 Å². The predicted molar refractivity (Wildman–Crippen MR) is 64.2 cm³/mol. The molecule has 1 saturated heterocycles. The smallest absolute Gasteiger partial charge is 0.0453 e. The molecule has 1 heteroatoms. The monoisotopic (exact) mass is 196 g/mol. The Morgan fingerprint density at radius 2 is 1.73 bits per heavy atom. The lowest BCUT2D eigenvalue weighted by Crippen LogP contribution is -2.17. The third-order valence-electron chi connectivity index (χ3n) is 3.09. The Bertz CT molecular complexity index is 469. The van der Waals surface area contributed by atoms with Gasteiger partial charge in [0.25, 0.3) is 0 Å². The van der Waals surface area contributed by atoms with Gasteiger partial charge in [-0.05, 0) is 29.7 Å². The van der Waals surface area contributed by atoms with Crippen molar-refractivity contribution in [1.82, 2.24) is 0 Å². The number of anilines is 1. The molecule has 0 bridgehead atoms. The van der Waals surface area contributed by atoms with Crippen molar-refractivity contribution >= 4 is 16.5 Å². The van der Waals surface area contributed by atoms with E-state index in [-0.39, 0.29) is 0 Å². The number of benzene rings is 2. The largest absolute Gasteiger partial charge is 0.371 e. The standard InChI is InChI=1S/C14H14N/c1-2-6-13-11-14(8-7-12(13)5-1)15-9-3-4-10-15/h1-2,5-8H,3-4,9-10H2. The maximum atomic E-state index is 3.49. The highest BCUT2D eigenvalue weighted by molar-refractivity contribution is 5.85. The maximum Gasteiger partial charge on any atom is 0.0453 e. The molecule has 0 aromatic heterocycles. The normalized spacial score (nSPS) is 16.1. The highest BCUT2D eigenvalue weighted by Gasteiger charge is 2.12. The predicted octanol–water partition coefficient (Wildman–Crippen LogP) is 3.24. The Hall–Kier alpha value is -1.50. The van der Waals surface area contributed by atoms with Gasteiger partial charge in [-0.1, -0.05) is 30.3 Å². The van der Waals surface area contributed by atoms with Gasteiger partial charge in [-0.15, -0.1) is 0 Å². The molecule has 0 amide bonds. The molecule has 1 nitrogen and oxygen atoms in total. The summed E-state index contributed by atoms with van der Waals surface area (Å²) in [5, 5.41) is 2.50. The zero-order chi connectivity index (χ0) is 10.1. The minimum Gasteiger partial charge on any atom is -0.371 e. The molecule has 0 unspecified atom stereocenters. The van der Waals surface area contributed by atoms with Crippen LogP contribution in [0.25, 0.3) is 10.8 Å². The zero-order valence-electron chi connectivity index (χ0n) is 8.74. The molecule has 0 atom stereocenters. The molecule has 15 heavy (non-hydrogen) atoms. The number of hydrogen-bond donors (Lipinski definition) is 0. The SMILES string of the molecule is [c]1c(N2CCCC2)ccc2ccccc12. The van der Waals surface area contributed by atoms with Crippen LogP contribution >= 0.6 is 0 Å². The van der Waals surface area contributed by atoms with E-state index in [1.807, 2.05) is 0 Å². The van der Waals surface area contributed by atoms with Crippen molar-refractivity contribution in [1.29, 1.82) is 0 Å². The van der Waals surface area contributed by atoms with Crippen LogP contribution in [0.3, 0.4) is 0 Å². The van der Waals surface area contributed by atoms with E-state index < -0.39 is 0 Å². The molecule has 0 aliphatic carbocycles. The van der Waals surface area contributed by atoms with Crippen molar-refractivity contribution < 1.29 is 0 Å². The minimum absolute atomic E-state index is 1.19. The van der Waals surface area contributed by atoms with Gasteiger partial charge in [0.1, 0.15) is 0 Å². The zero-order valence-corrected chi connectivity index (χ0v) is 8.74. The summed E-state index contributed by atoms with van der Waals surface area (Å²) >= 11 is 0. The van der Waals surface area contributed by atoms with Crippen molar-refractivity contribution in [2.75, 3.05) is 18.0 Å². The molecule has 2 aromatic carbocycles. The van der Waals surface area contributed by atoms with Gasteiger partial charge in [0.2, 0.25) is 0 Å². The highest BCUT2D eigenvalue weighted by atomic mass is 15.1. The van der Waals surface area contributed by atoms with E-state index in [2.05, 4.69) is 47.4 Å². The fourth-order valence-corrected chi connectivity index (χ4v) is 2.25. The minimum atomic E-state index is 1.19. The van der Waals surface area contributed by atoms with Crippen molar-refractivity contribution in [2.24, 2.45) is 0 Å². The Morgan fingerprint density at radius 1 is 0.933 bits per heavy atom.